The molecule has 0 saturated carbocycles. The van der Waals surface area contributed by atoms with Gasteiger partial charge in [-0.3, -0.25) is 0 Å². The van der Waals surface area contributed by atoms with Gasteiger partial charge < -0.3 is 5.73 Å². The number of aryl methyl sites for hydroxylation is 1. The molecule has 2 N–H and O–H groups in total. The minimum absolute atomic E-state index is 0.499. The van der Waals surface area contributed by atoms with Crippen LogP contribution in [0.1, 0.15) is 43.4 Å². The lowest BCUT2D eigenvalue weighted by atomic mass is 9.91. The van der Waals surface area contributed by atoms with Crippen molar-refractivity contribution in [3.05, 3.63) is 22.8 Å². The number of benzene rings is 1. The number of nitrogen functional groups attached to an aromatic ring is 1. The maximum atomic E-state index is 5.81. The monoisotopic (exact) mass is 234 g/mol. The van der Waals surface area contributed by atoms with Crippen LogP contribution in [0.5, 0.6) is 0 Å². The minimum atomic E-state index is 0.499. The second-order valence-corrected chi connectivity index (χ2v) is 5.56. The molecule has 3 heteroatoms. The molecule has 0 fully saturated rings. The van der Waals surface area contributed by atoms with Gasteiger partial charge in [0, 0.05) is 0 Å². The van der Waals surface area contributed by atoms with E-state index in [0.717, 1.165) is 11.9 Å². The molecular formula is C13H18N2S. The van der Waals surface area contributed by atoms with Crippen LogP contribution in [0.4, 0.5) is 5.13 Å². The van der Waals surface area contributed by atoms with Gasteiger partial charge in [-0.05, 0) is 42.0 Å². The topological polar surface area (TPSA) is 38.9 Å². The van der Waals surface area contributed by atoms with E-state index in [-0.39, 0.29) is 0 Å². The molecule has 0 spiro atoms. The Hall–Kier alpha value is -1.09. The van der Waals surface area contributed by atoms with Crippen LogP contribution in [0.15, 0.2) is 6.07 Å². The largest absolute Gasteiger partial charge is 0.375 e. The van der Waals surface area contributed by atoms with Gasteiger partial charge in [-0.1, -0.05) is 32.1 Å². The van der Waals surface area contributed by atoms with E-state index in [4.69, 9.17) is 5.73 Å². The van der Waals surface area contributed by atoms with Crippen LogP contribution < -0.4 is 5.73 Å². The molecule has 0 radical (unpaired) electrons. The molecule has 0 unspecified atom stereocenters. The Morgan fingerprint density at radius 1 is 1.44 bits per heavy atom. The fraction of sp³-hybridized carbons (Fsp3) is 0.462. The zero-order chi connectivity index (χ0) is 11.9. The van der Waals surface area contributed by atoms with E-state index in [9.17, 15) is 0 Å². The molecule has 0 bridgehead atoms. The maximum absolute atomic E-state index is 5.81. The highest BCUT2D eigenvalue weighted by atomic mass is 32.1. The molecular weight excluding hydrogens is 216 g/mol. The van der Waals surface area contributed by atoms with Gasteiger partial charge in [0.05, 0.1) is 10.2 Å². The lowest BCUT2D eigenvalue weighted by molar-refractivity contribution is 0.848. The minimum Gasteiger partial charge on any atom is -0.375 e. The summed E-state index contributed by atoms with van der Waals surface area (Å²) < 4.78 is 1.22. The van der Waals surface area contributed by atoms with Crippen molar-refractivity contribution in [3.8, 4) is 0 Å². The van der Waals surface area contributed by atoms with Crippen LogP contribution >= 0.6 is 11.3 Å². The van der Waals surface area contributed by atoms with E-state index in [0.29, 0.717) is 11.0 Å². The third-order valence-corrected chi connectivity index (χ3v) is 3.84. The zero-order valence-electron chi connectivity index (χ0n) is 10.3. The average Bonchev–Trinajstić information content (AvgIpc) is 2.55. The van der Waals surface area contributed by atoms with Crippen LogP contribution in [-0.2, 0) is 6.42 Å². The van der Waals surface area contributed by atoms with Crippen LogP contribution in [0.3, 0.4) is 0 Å². The summed E-state index contributed by atoms with van der Waals surface area (Å²) in [5.41, 5.74) is 11.1. The molecule has 1 aromatic heterocycles. The second kappa shape index (κ2) is 4.06. The van der Waals surface area contributed by atoms with Crippen molar-refractivity contribution in [2.45, 2.75) is 40.0 Å². The summed E-state index contributed by atoms with van der Waals surface area (Å²) in [5.74, 6) is 0.499. The van der Waals surface area contributed by atoms with E-state index in [1.54, 1.807) is 11.3 Å². The normalized spacial score (nSPS) is 11.6. The molecule has 0 aliphatic heterocycles. The molecule has 2 aromatic rings. The first-order valence-electron chi connectivity index (χ1n) is 5.73. The first kappa shape index (κ1) is 11.4. The van der Waals surface area contributed by atoms with Gasteiger partial charge in [0.2, 0.25) is 0 Å². The molecule has 16 heavy (non-hydrogen) atoms. The number of hydrogen-bond donors (Lipinski definition) is 1. The Labute approximate surface area is 101 Å². The van der Waals surface area contributed by atoms with Crippen LogP contribution in [-0.4, -0.2) is 4.98 Å². The summed E-state index contributed by atoms with van der Waals surface area (Å²) in [7, 11) is 0. The predicted octanol–water partition coefficient (Wildman–Crippen LogP) is 3.87. The average molecular weight is 234 g/mol. The summed E-state index contributed by atoms with van der Waals surface area (Å²) in [6.45, 7) is 8.83. The molecule has 2 nitrogen and oxygen atoms in total. The number of thiazole rings is 1. The number of nitrogens with zero attached hydrogens (tertiary/aromatic N) is 1. The molecule has 0 aliphatic rings. The summed E-state index contributed by atoms with van der Waals surface area (Å²) in [4.78, 5) is 4.48. The second-order valence-electron chi connectivity index (χ2n) is 4.49. The smallest absolute Gasteiger partial charge is 0.181 e. The molecule has 0 atom stereocenters. The van der Waals surface area contributed by atoms with Crippen LogP contribution in [0, 0.1) is 6.92 Å². The number of hydrogen-bond acceptors (Lipinski definition) is 3. The quantitative estimate of drug-likeness (QED) is 0.856. The van der Waals surface area contributed by atoms with Gasteiger partial charge in [0.1, 0.15) is 0 Å². The SMILES string of the molecule is CCc1c(C)cc2sc(N)nc2c1C(C)C. The Morgan fingerprint density at radius 2 is 2.12 bits per heavy atom. The van der Waals surface area contributed by atoms with Gasteiger partial charge in [0.25, 0.3) is 0 Å². The van der Waals surface area contributed by atoms with Gasteiger partial charge >= 0.3 is 0 Å². The maximum Gasteiger partial charge on any atom is 0.181 e. The molecule has 86 valence electrons. The van der Waals surface area contributed by atoms with E-state index in [1.165, 1.54) is 21.4 Å². The van der Waals surface area contributed by atoms with Crippen molar-refractivity contribution in [2.75, 3.05) is 5.73 Å². The van der Waals surface area contributed by atoms with E-state index < -0.39 is 0 Å². The number of nitrogens with two attached hydrogens (primary N) is 1. The lowest BCUT2D eigenvalue weighted by Gasteiger charge is -2.15. The van der Waals surface area contributed by atoms with Crippen molar-refractivity contribution in [1.29, 1.82) is 0 Å². The Morgan fingerprint density at radius 3 is 2.69 bits per heavy atom. The van der Waals surface area contributed by atoms with Gasteiger partial charge in [-0.2, -0.15) is 0 Å². The van der Waals surface area contributed by atoms with Gasteiger partial charge in [0.15, 0.2) is 5.13 Å². The van der Waals surface area contributed by atoms with Crippen LogP contribution in [0.2, 0.25) is 0 Å². The predicted molar refractivity (Wildman–Crippen MR) is 72.2 cm³/mol. The first-order chi connectivity index (χ1) is 7.54. The summed E-state index contributed by atoms with van der Waals surface area (Å²) in [6.07, 6.45) is 1.06. The molecule has 1 heterocycles. The fourth-order valence-corrected chi connectivity index (χ4v) is 3.22. The highest BCUT2D eigenvalue weighted by Gasteiger charge is 2.15. The summed E-state index contributed by atoms with van der Waals surface area (Å²) in [6, 6.07) is 2.22. The fourth-order valence-electron chi connectivity index (χ4n) is 2.37. The van der Waals surface area contributed by atoms with Gasteiger partial charge in [-0.25, -0.2) is 4.98 Å². The van der Waals surface area contributed by atoms with Crippen molar-refractivity contribution < 1.29 is 0 Å². The molecule has 2 rings (SSSR count). The number of anilines is 1. The Kier molecular flexibility index (Phi) is 2.89. The number of rotatable bonds is 2. The summed E-state index contributed by atoms with van der Waals surface area (Å²) >= 11 is 1.58. The highest BCUT2D eigenvalue weighted by molar-refractivity contribution is 7.22. The number of aromatic nitrogens is 1. The molecule has 0 saturated heterocycles. The lowest BCUT2D eigenvalue weighted by Crippen LogP contribution is -1.99. The highest BCUT2D eigenvalue weighted by Crippen LogP contribution is 2.35. The van der Waals surface area contributed by atoms with Crippen LogP contribution in [0.25, 0.3) is 10.2 Å². The zero-order valence-corrected chi connectivity index (χ0v) is 11.1. The Bertz CT molecular complexity index is 526. The van der Waals surface area contributed by atoms with Crippen molar-refractivity contribution >= 4 is 26.7 Å². The van der Waals surface area contributed by atoms with E-state index >= 15 is 0 Å². The van der Waals surface area contributed by atoms with E-state index in [2.05, 4.69) is 38.7 Å². The summed E-state index contributed by atoms with van der Waals surface area (Å²) in [5, 5.41) is 0.671. The first-order valence-corrected chi connectivity index (χ1v) is 6.54. The standard InChI is InChI=1S/C13H18N2S/c1-5-9-8(4)6-10-12(11(9)7(2)3)15-13(14)16-10/h6-7H,5H2,1-4H3,(H2,14,15). The Balaban J connectivity index is 2.86. The molecule has 0 amide bonds. The third kappa shape index (κ3) is 1.69. The third-order valence-electron chi connectivity index (χ3n) is 3.00. The van der Waals surface area contributed by atoms with Crippen molar-refractivity contribution in [1.82, 2.24) is 4.98 Å². The molecule has 0 aliphatic carbocycles. The van der Waals surface area contributed by atoms with E-state index in [1.807, 2.05) is 0 Å². The molecule has 1 aromatic carbocycles. The van der Waals surface area contributed by atoms with Crippen molar-refractivity contribution in [3.63, 3.8) is 0 Å². The van der Waals surface area contributed by atoms with Gasteiger partial charge in [-0.15, -0.1) is 0 Å². The number of fused-ring (bicyclic) bond motifs is 1. The van der Waals surface area contributed by atoms with Crippen molar-refractivity contribution in [2.24, 2.45) is 0 Å².